The molecule has 0 radical (unpaired) electrons. The molecule has 2 amide bonds. The Hall–Kier alpha value is -2.13. The van der Waals surface area contributed by atoms with Crippen molar-refractivity contribution in [3.63, 3.8) is 0 Å². The monoisotopic (exact) mass is 541 g/mol. The Bertz CT molecular complexity index is 1100. The van der Waals surface area contributed by atoms with Gasteiger partial charge in [0.1, 0.15) is 6.04 Å². The zero-order valence-electron chi connectivity index (χ0n) is 20.3. The highest BCUT2D eigenvalue weighted by Crippen LogP contribution is 2.24. The average molecular weight is 543 g/mol. The number of benzene rings is 2. The van der Waals surface area contributed by atoms with Crippen molar-refractivity contribution in [1.29, 1.82) is 0 Å². The average Bonchev–Trinajstić information content (AvgIpc) is 2.83. The molecule has 0 unspecified atom stereocenters. The van der Waals surface area contributed by atoms with Crippen LogP contribution in [-0.2, 0) is 26.2 Å². The number of hydrogen-bond acceptors (Lipinski definition) is 4. The predicted molar refractivity (Wildman–Crippen MR) is 140 cm³/mol. The zero-order valence-corrected chi connectivity index (χ0v) is 22.7. The van der Waals surface area contributed by atoms with Crippen molar-refractivity contribution in [2.24, 2.45) is 0 Å². The Morgan fingerprint density at radius 1 is 1.06 bits per heavy atom. The SMILES string of the molecule is CCCCNC(=O)[C@H](C)N(Cc1ccc(Cl)cc1Cl)C(=O)CCCN(C)S(=O)(=O)c1ccccc1. The van der Waals surface area contributed by atoms with E-state index in [0.717, 1.165) is 12.8 Å². The van der Waals surface area contributed by atoms with Gasteiger partial charge in [-0.25, -0.2) is 12.7 Å². The molecule has 0 aliphatic carbocycles. The molecule has 0 aliphatic rings. The van der Waals surface area contributed by atoms with Crippen LogP contribution in [0.5, 0.6) is 0 Å². The fraction of sp³-hybridized carbons (Fsp3) is 0.440. The summed E-state index contributed by atoms with van der Waals surface area (Å²) in [5.74, 6) is -0.514. The third-order valence-corrected chi connectivity index (χ3v) is 8.13. The molecule has 2 aromatic carbocycles. The van der Waals surface area contributed by atoms with Gasteiger partial charge in [0.05, 0.1) is 4.90 Å². The second-order valence-corrected chi connectivity index (χ2v) is 11.2. The molecule has 2 aromatic rings. The van der Waals surface area contributed by atoms with Gasteiger partial charge in [-0.1, -0.05) is 60.8 Å². The first-order chi connectivity index (χ1) is 16.6. The maximum absolute atomic E-state index is 13.2. The van der Waals surface area contributed by atoms with Crippen LogP contribution in [0.25, 0.3) is 0 Å². The maximum Gasteiger partial charge on any atom is 0.242 e. The molecule has 0 heterocycles. The fourth-order valence-electron chi connectivity index (χ4n) is 3.44. The van der Waals surface area contributed by atoms with E-state index in [4.69, 9.17) is 23.2 Å². The third-order valence-electron chi connectivity index (χ3n) is 5.67. The summed E-state index contributed by atoms with van der Waals surface area (Å²) in [6.45, 7) is 4.54. The van der Waals surface area contributed by atoms with Crippen LogP contribution < -0.4 is 5.32 Å². The maximum atomic E-state index is 13.2. The third kappa shape index (κ3) is 8.49. The first kappa shape index (κ1) is 29.1. The second kappa shape index (κ2) is 13.8. The molecule has 1 N–H and O–H groups in total. The highest BCUT2D eigenvalue weighted by atomic mass is 35.5. The quantitative estimate of drug-likeness (QED) is 0.371. The molecule has 35 heavy (non-hydrogen) atoms. The van der Waals surface area contributed by atoms with Crippen molar-refractivity contribution in [2.75, 3.05) is 20.1 Å². The normalized spacial score (nSPS) is 12.4. The Kier molecular flexibility index (Phi) is 11.5. The van der Waals surface area contributed by atoms with Crippen LogP contribution in [0.4, 0.5) is 0 Å². The number of hydrogen-bond donors (Lipinski definition) is 1. The van der Waals surface area contributed by atoms with Crippen LogP contribution in [0.2, 0.25) is 10.0 Å². The molecule has 10 heteroatoms. The van der Waals surface area contributed by atoms with Crippen LogP contribution in [0, 0.1) is 0 Å². The van der Waals surface area contributed by atoms with E-state index in [0.29, 0.717) is 28.6 Å². The molecule has 1 atom stereocenters. The van der Waals surface area contributed by atoms with E-state index in [-0.39, 0.29) is 36.2 Å². The minimum Gasteiger partial charge on any atom is -0.354 e. The minimum atomic E-state index is -3.64. The second-order valence-electron chi connectivity index (χ2n) is 8.32. The van der Waals surface area contributed by atoms with E-state index in [2.05, 4.69) is 5.32 Å². The van der Waals surface area contributed by atoms with Gasteiger partial charge in [0.15, 0.2) is 0 Å². The summed E-state index contributed by atoms with van der Waals surface area (Å²) in [6, 6.07) is 12.4. The number of amides is 2. The van der Waals surface area contributed by atoms with E-state index in [1.54, 1.807) is 43.3 Å². The Labute approximate surface area is 218 Å². The fourth-order valence-corrected chi connectivity index (χ4v) is 5.14. The van der Waals surface area contributed by atoms with E-state index in [9.17, 15) is 18.0 Å². The van der Waals surface area contributed by atoms with Gasteiger partial charge in [-0.2, -0.15) is 0 Å². The number of carbonyl (C=O) groups excluding carboxylic acids is 2. The lowest BCUT2D eigenvalue weighted by molar-refractivity contribution is -0.140. The van der Waals surface area contributed by atoms with E-state index < -0.39 is 16.1 Å². The van der Waals surface area contributed by atoms with Crippen LogP contribution >= 0.6 is 23.2 Å². The molecular weight excluding hydrogens is 509 g/mol. The summed E-state index contributed by atoms with van der Waals surface area (Å²) >= 11 is 12.3. The Balaban J connectivity index is 2.10. The Morgan fingerprint density at radius 3 is 2.37 bits per heavy atom. The summed E-state index contributed by atoms with van der Waals surface area (Å²) in [7, 11) is -2.16. The lowest BCUT2D eigenvalue weighted by Crippen LogP contribution is -2.48. The van der Waals surface area contributed by atoms with E-state index in [1.807, 2.05) is 6.92 Å². The summed E-state index contributed by atoms with van der Waals surface area (Å²) in [5.41, 5.74) is 0.668. The molecule has 0 aromatic heterocycles. The number of sulfonamides is 1. The summed E-state index contributed by atoms with van der Waals surface area (Å²) < 4.78 is 26.7. The number of nitrogens with one attached hydrogen (secondary N) is 1. The summed E-state index contributed by atoms with van der Waals surface area (Å²) in [5, 5.41) is 3.75. The minimum absolute atomic E-state index is 0.0758. The number of rotatable bonds is 13. The van der Waals surface area contributed by atoms with Gasteiger partial charge in [0.2, 0.25) is 21.8 Å². The van der Waals surface area contributed by atoms with Gasteiger partial charge >= 0.3 is 0 Å². The van der Waals surface area contributed by atoms with Gasteiger partial charge in [0, 0.05) is 43.1 Å². The largest absolute Gasteiger partial charge is 0.354 e. The van der Waals surface area contributed by atoms with Gasteiger partial charge in [0.25, 0.3) is 0 Å². The summed E-state index contributed by atoms with van der Waals surface area (Å²) in [4.78, 5) is 27.6. The van der Waals surface area contributed by atoms with Crippen molar-refractivity contribution in [3.05, 3.63) is 64.1 Å². The number of halogens is 2. The lowest BCUT2D eigenvalue weighted by atomic mass is 10.1. The summed E-state index contributed by atoms with van der Waals surface area (Å²) in [6.07, 6.45) is 2.16. The van der Waals surface area contributed by atoms with Crippen LogP contribution in [0.1, 0.15) is 45.1 Å². The first-order valence-electron chi connectivity index (χ1n) is 11.6. The molecule has 0 saturated carbocycles. The molecule has 0 spiro atoms. The molecule has 0 saturated heterocycles. The number of nitrogens with zero attached hydrogens (tertiary/aromatic N) is 2. The molecule has 7 nitrogen and oxygen atoms in total. The van der Waals surface area contributed by atoms with Crippen LogP contribution in [0.15, 0.2) is 53.4 Å². The van der Waals surface area contributed by atoms with Crippen LogP contribution in [-0.4, -0.2) is 55.6 Å². The van der Waals surface area contributed by atoms with Crippen molar-refractivity contribution in [2.45, 2.75) is 57.0 Å². The van der Waals surface area contributed by atoms with E-state index in [1.165, 1.54) is 28.4 Å². The van der Waals surface area contributed by atoms with Crippen molar-refractivity contribution < 1.29 is 18.0 Å². The molecule has 0 aliphatic heterocycles. The smallest absolute Gasteiger partial charge is 0.242 e. The van der Waals surface area contributed by atoms with Crippen LogP contribution in [0.3, 0.4) is 0 Å². The van der Waals surface area contributed by atoms with Gasteiger partial charge in [-0.05, 0) is 49.6 Å². The highest BCUT2D eigenvalue weighted by molar-refractivity contribution is 7.89. The molecule has 2 rings (SSSR count). The van der Waals surface area contributed by atoms with Gasteiger partial charge in [-0.15, -0.1) is 0 Å². The number of carbonyl (C=O) groups is 2. The highest BCUT2D eigenvalue weighted by Gasteiger charge is 2.27. The van der Waals surface area contributed by atoms with Crippen molar-refractivity contribution in [3.8, 4) is 0 Å². The predicted octanol–water partition coefficient (Wildman–Crippen LogP) is 4.73. The van der Waals surface area contributed by atoms with Gasteiger partial charge < -0.3 is 10.2 Å². The number of unbranched alkanes of at least 4 members (excludes halogenated alkanes) is 1. The lowest BCUT2D eigenvalue weighted by Gasteiger charge is -2.29. The topological polar surface area (TPSA) is 86.8 Å². The zero-order chi connectivity index (χ0) is 26.0. The van der Waals surface area contributed by atoms with Crippen molar-refractivity contribution >= 4 is 45.0 Å². The van der Waals surface area contributed by atoms with Crippen molar-refractivity contribution in [1.82, 2.24) is 14.5 Å². The molecule has 192 valence electrons. The standard InChI is InChI=1S/C25H33Cl2N3O4S/c1-4-5-15-28-25(32)19(2)30(18-20-13-14-21(26)17-23(20)27)24(31)12-9-16-29(3)35(33,34)22-10-7-6-8-11-22/h6-8,10-11,13-14,17,19H,4-5,9,12,15-16,18H2,1-3H3,(H,28,32)/t19-/m0/s1. The molecule has 0 bridgehead atoms. The molecular formula is C25H33Cl2N3O4S. The van der Waals surface area contributed by atoms with E-state index >= 15 is 0 Å². The molecule has 0 fully saturated rings. The Morgan fingerprint density at radius 2 is 1.74 bits per heavy atom. The van der Waals surface area contributed by atoms with Gasteiger partial charge in [-0.3, -0.25) is 9.59 Å². The first-order valence-corrected chi connectivity index (χ1v) is 13.8.